The van der Waals surface area contributed by atoms with Crippen LogP contribution < -0.4 is 0 Å². The predicted octanol–water partition coefficient (Wildman–Crippen LogP) is 4.26. The Morgan fingerprint density at radius 2 is 1.73 bits per heavy atom. The molecule has 4 heteroatoms. The summed E-state index contributed by atoms with van der Waals surface area (Å²) in [4.78, 5) is 0. The quantitative estimate of drug-likeness (QED) is 0.786. The van der Waals surface area contributed by atoms with Crippen LogP contribution in [0.15, 0.2) is 47.0 Å². The molecule has 0 aliphatic carbocycles. The van der Waals surface area contributed by atoms with Gasteiger partial charge in [0.05, 0.1) is 12.2 Å². The Balaban J connectivity index is 2.23. The van der Waals surface area contributed by atoms with Gasteiger partial charge in [-0.15, -0.1) is 0 Å². The van der Waals surface area contributed by atoms with Crippen LogP contribution in [0.1, 0.15) is 16.7 Å². The molecule has 3 rings (SSSR count). The van der Waals surface area contributed by atoms with Gasteiger partial charge in [-0.05, 0) is 37.1 Å². The summed E-state index contributed by atoms with van der Waals surface area (Å²) in [7, 11) is 0. The summed E-state index contributed by atoms with van der Waals surface area (Å²) in [5.74, 6) is 0.106. The highest BCUT2D eigenvalue weighted by Crippen LogP contribution is 2.36. The zero-order chi connectivity index (χ0) is 15.7. The Hall–Kier alpha value is -2.46. The second kappa shape index (κ2) is 5.73. The van der Waals surface area contributed by atoms with Gasteiger partial charge in [-0.3, -0.25) is 0 Å². The molecule has 0 saturated carbocycles. The van der Waals surface area contributed by atoms with Crippen LogP contribution in [-0.2, 0) is 6.61 Å². The van der Waals surface area contributed by atoms with E-state index in [9.17, 15) is 9.50 Å². The fourth-order valence-electron chi connectivity index (χ4n) is 2.69. The van der Waals surface area contributed by atoms with Crippen LogP contribution in [0.25, 0.3) is 22.6 Å². The van der Waals surface area contributed by atoms with E-state index in [1.165, 1.54) is 6.07 Å². The van der Waals surface area contributed by atoms with E-state index < -0.39 is 5.82 Å². The molecule has 0 bridgehead atoms. The SMILES string of the molecule is Cc1cccc(C)c1-c1onc(-c2ccccc2F)c1CO. The van der Waals surface area contributed by atoms with Crippen LogP contribution in [0.2, 0.25) is 0 Å². The predicted molar refractivity (Wildman–Crippen MR) is 82.7 cm³/mol. The van der Waals surface area contributed by atoms with E-state index in [4.69, 9.17) is 4.52 Å². The lowest BCUT2D eigenvalue weighted by atomic mass is 9.96. The molecule has 0 radical (unpaired) electrons. The van der Waals surface area contributed by atoms with Crippen molar-refractivity contribution in [3.63, 3.8) is 0 Å². The number of hydrogen-bond donors (Lipinski definition) is 1. The molecule has 0 saturated heterocycles. The molecule has 1 heterocycles. The van der Waals surface area contributed by atoms with Crippen LogP contribution in [0, 0.1) is 19.7 Å². The largest absolute Gasteiger partial charge is 0.391 e. The minimum atomic E-state index is -0.390. The zero-order valence-corrected chi connectivity index (χ0v) is 12.4. The fraction of sp³-hybridized carbons (Fsp3) is 0.167. The molecule has 0 spiro atoms. The normalized spacial score (nSPS) is 10.9. The lowest BCUT2D eigenvalue weighted by Crippen LogP contribution is -1.93. The van der Waals surface area contributed by atoms with Crippen molar-refractivity contribution in [1.82, 2.24) is 5.16 Å². The Kier molecular flexibility index (Phi) is 3.77. The van der Waals surface area contributed by atoms with Gasteiger partial charge in [0, 0.05) is 11.1 Å². The zero-order valence-electron chi connectivity index (χ0n) is 12.4. The Morgan fingerprint density at radius 3 is 2.36 bits per heavy atom. The molecule has 22 heavy (non-hydrogen) atoms. The minimum absolute atomic E-state index is 0.268. The van der Waals surface area contributed by atoms with E-state index in [-0.39, 0.29) is 6.61 Å². The van der Waals surface area contributed by atoms with E-state index >= 15 is 0 Å². The Bertz CT molecular complexity index is 803. The fourth-order valence-corrected chi connectivity index (χ4v) is 2.69. The second-order valence-electron chi connectivity index (χ2n) is 5.24. The first-order valence-corrected chi connectivity index (χ1v) is 7.04. The topological polar surface area (TPSA) is 46.3 Å². The average Bonchev–Trinajstić information content (AvgIpc) is 2.91. The molecule has 0 atom stereocenters. The lowest BCUT2D eigenvalue weighted by molar-refractivity contribution is 0.281. The lowest BCUT2D eigenvalue weighted by Gasteiger charge is -2.08. The first kappa shape index (κ1) is 14.5. The molecule has 0 fully saturated rings. The number of nitrogens with zero attached hydrogens (tertiary/aromatic N) is 1. The smallest absolute Gasteiger partial charge is 0.173 e. The number of aliphatic hydroxyl groups is 1. The van der Waals surface area contributed by atoms with Crippen molar-refractivity contribution < 1.29 is 14.0 Å². The van der Waals surface area contributed by atoms with Gasteiger partial charge in [0.1, 0.15) is 11.5 Å². The molecule has 0 unspecified atom stereocenters. The van der Waals surface area contributed by atoms with Gasteiger partial charge in [-0.2, -0.15) is 0 Å². The van der Waals surface area contributed by atoms with Gasteiger partial charge in [0.15, 0.2) is 5.76 Å². The highest BCUT2D eigenvalue weighted by atomic mass is 19.1. The van der Waals surface area contributed by atoms with Crippen molar-refractivity contribution >= 4 is 0 Å². The van der Waals surface area contributed by atoms with Crippen molar-refractivity contribution in [3.05, 3.63) is 65.0 Å². The van der Waals surface area contributed by atoms with Gasteiger partial charge >= 0.3 is 0 Å². The summed E-state index contributed by atoms with van der Waals surface area (Å²) in [6, 6.07) is 12.2. The molecule has 2 aromatic carbocycles. The molecule has 0 aliphatic heterocycles. The third-order valence-corrected chi connectivity index (χ3v) is 3.78. The van der Waals surface area contributed by atoms with E-state index in [0.717, 1.165) is 16.7 Å². The molecule has 1 N–H and O–H groups in total. The van der Waals surface area contributed by atoms with Crippen molar-refractivity contribution in [3.8, 4) is 22.6 Å². The van der Waals surface area contributed by atoms with Crippen LogP contribution in [0.5, 0.6) is 0 Å². The molecule has 0 aliphatic rings. The van der Waals surface area contributed by atoms with Crippen molar-refractivity contribution in [2.75, 3.05) is 0 Å². The van der Waals surface area contributed by atoms with Gasteiger partial charge in [0.25, 0.3) is 0 Å². The molecule has 3 aromatic rings. The minimum Gasteiger partial charge on any atom is -0.391 e. The number of rotatable bonds is 3. The van der Waals surface area contributed by atoms with Crippen LogP contribution in [0.4, 0.5) is 4.39 Å². The molecular weight excluding hydrogens is 281 g/mol. The van der Waals surface area contributed by atoms with Crippen LogP contribution >= 0.6 is 0 Å². The van der Waals surface area contributed by atoms with E-state index in [2.05, 4.69) is 5.16 Å². The van der Waals surface area contributed by atoms with Crippen molar-refractivity contribution in [2.24, 2.45) is 0 Å². The van der Waals surface area contributed by atoms with Crippen LogP contribution in [-0.4, -0.2) is 10.3 Å². The highest BCUT2D eigenvalue weighted by Gasteiger charge is 2.22. The molecule has 1 aromatic heterocycles. The second-order valence-corrected chi connectivity index (χ2v) is 5.24. The number of aromatic nitrogens is 1. The summed E-state index contributed by atoms with van der Waals surface area (Å²) >= 11 is 0. The first-order chi connectivity index (χ1) is 10.6. The average molecular weight is 297 g/mol. The number of aliphatic hydroxyl groups excluding tert-OH is 1. The van der Waals surface area contributed by atoms with E-state index in [1.807, 2.05) is 32.0 Å². The maximum Gasteiger partial charge on any atom is 0.173 e. The third kappa shape index (κ3) is 2.31. The molecule has 3 nitrogen and oxygen atoms in total. The molecule has 0 amide bonds. The van der Waals surface area contributed by atoms with E-state index in [0.29, 0.717) is 22.6 Å². The summed E-state index contributed by atoms with van der Waals surface area (Å²) in [5, 5.41) is 13.8. The maximum atomic E-state index is 14.0. The molecular formula is C18H16FNO2. The van der Waals surface area contributed by atoms with Crippen molar-refractivity contribution in [2.45, 2.75) is 20.5 Å². The van der Waals surface area contributed by atoms with Gasteiger partial charge in [-0.25, -0.2) is 4.39 Å². The van der Waals surface area contributed by atoms with Gasteiger partial charge < -0.3 is 9.63 Å². The monoisotopic (exact) mass is 297 g/mol. The first-order valence-electron chi connectivity index (χ1n) is 7.04. The van der Waals surface area contributed by atoms with Crippen molar-refractivity contribution in [1.29, 1.82) is 0 Å². The van der Waals surface area contributed by atoms with Gasteiger partial charge in [-0.1, -0.05) is 35.5 Å². The summed E-state index contributed by atoms with van der Waals surface area (Å²) in [5.41, 5.74) is 4.10. The Morgan fingerprint density at radius 1 is 1.05 bits per heavy atom. The number of benzene rings is 2. The molecule has 112 valence electrons. The van der Waals surface area contributed by atoms with Gasteiger partial charge in [0.2, 0.25) is 0 Å². The highest BCUT2D eigenvalue weighted by molar-refractivity contribution is 5.76. The summed E-state index contributed by atoms with van der Waals surface area (Å²) < 4.78 is 19.5. The maximum absolute atomic E-state index is 14.0. The summed E-state index contributed by atoms with van der Waals surface area (Å²) in [6.07, 6.45) is 0. The number of hydrogen-bond acceptors (Lipinski definition) is 3. The number of aryl methyl sites for hydroxylation is 2. The third-order valence-electron chi connectivity index (χ3n) is 3.78. The van der Waals surface area contributed by atoms with Crippen LogP contribution in [0.3, 0.4) is 0 Å². The summed E-state index contributed by atoms with van der Waals surface area (Å²) in [6.45, 7) is 3.67. The van der Waals surface area contributed by atoms with E-state index in [1.54, 1.807) is 18.2 Å². The standard InChI is InChI=1S/C18H16FNO2/c1-11-6-5-7-12(2)16(11)18-14(10-21)17(20-22-18)13-8-3-4-9-15(13)19/h3-9,21H,10H2,1-2H3. The number of halogens is 1. The Labute approximate surface area is 128 Å².